The van der Waals surface area contributed by atoms with Gasteiger partial charge in [0.15, 0.2) is 0 Å². The molecule has 0 aromatic carbocycles. The smallest absolute Gasteiger partial charge is 0.303 e. The van der Waals surface area contributed by atoms with E-state index in [9.17, 15) is 9.59 Å². The highest BCUT2D eigenvalue weighted by Crippen LogP contribution is 2.09. The molecule has 1 atom stereocenters. The molecule has 0 saturated heterocycles. The maximum atomic E-state index is 10.1. The normalized spacial score (nSPS) is 11.0. The average molecular weight is 463 g/mol. The van der Waals surface area contributed by atoms with Crippen LogP contribution in [0, 0.1) is 5.92 Å². The molecule has 0 aromatic rings. The summed E-state index contributed by atoms with van der Waals surface area (Å²) in [7, 11) is 0. The van der Waals surface area contributed by atoms with Crippen molar-refractivity contribution >= 4 is 11.9 Å². The van der Waals surface area contributed by atoms with Gasteiger partial charge in [0, 0.05) is 26.1 Å². The van der Waals surface area contributed by atoms with Crippen LogP contribution >= 0.6 is 0 Å². The van der Waals surface area contributed by atoms with Gasteiger partial charge in [0.2, 0.25) is 0 Å². The van der Waals surface area contributed by atoms with Crippen molar-refractivity contribution in [2.45, 2.75) is 136 Å². The fourth-order valence-corrected chi connectivity index (χ4v) is 3.00. The van der Waals surface area contributed by atoms with Crippen molar-refractivity contribution in [2.24, 2.45) is 5.92 Å². The number of rotatable bonds is 20. The average Bonchev–Trinajstić information content (AvgIpc) is 2.76. The molecule has 6 nitrogen and oxygen atoms in total. The van der Waals surface area contributed by atoms with Gasteiger partial charge in [-0.25, -0.2) is 0 Å². The van der Waals surface area contributed by atoms with E-state index in [1.165, 1.54) is 64.2 Å². The van der Waals surface area contributed by atoms with Crippen molar-refractivity contribution in [1.82, 2.24) is 0 Å². The Balaban J connectivity index is -0.000000404. The molecule has 0 fully saturated rings. The molecule has 0 amide bonds. The first-order chi connectivity index (χ1) is 15.3. The van der Waals surface area contributed by atoms with Gasteiger partial charge in [-0.15, -0.1) is 0 Å². The summed E-state index contributed by atoms with van der Waals surface area (Å²) in [6.45, 7) is 6.84. The van der Waals surface area contributed by atoms with E-state index in [0.717, 1.165) is 38.5 Å². The summed E-state index contributed by atoms with van der Waals surface area (Å²) in [5.41, 5.74) is 0. The highest BCUT2D eigenvalue weighted by molar-refractivity contribution is 5.66. The second kappa shape index (κ2) is 32.0. The summed E-state index contributed by atoms with van der Waals surface area (Å²) in [6.07, 6.45) is 19.0. The lowest BCUT2D eigenvalue weighted by atomic mass is 10.1. The van der Waals surface area contributed by atoms with Gasteiger partial charge in [0.25, 0.3) is 0 Å². The first-order valence-corrected chi connectivity index (χ1v) is 13.0. The molecule has 0 aliphatic rings. The van der Waals surface area contributed by atoms with Crippen molar-refractivity contribution < 1.29 is 30.0 Å². The van der Waals surface area contributed by atoms with E-state index < -0.39 is 11.9 Å². The van der Waals surface area contributed by atoms with Gasteiger partial charge in [0.1, 0.15) is 0 Å². The summed E-state index contributed by atoms with van der Waals surface area (Å²) >= 11 is 0. The van der Waals surface area contributed by atoms with Crippen LogP contribution in [0.5, 0.6) is 0 Å². The third-order valence-electron chi connectivity index (χ3n) is 5.16. The summed E-state index contributed by atoms with van der Waals surface area (Å²) in [6, 6.07) is 0. The molecule has 0 radical (unpaired) electrons. The minimum atomic E-state index is -0.663. The predicted octanol–water partition coefficient (Wildman–Crippen LogP) is 6.81. The van der Waals surface area contributed by atoms with Crippen LogP contribution in [-0.2, 0) is 9.59 Å². The largest absolute Gasteiger partial charge is 0.481 e. The van der Waals surface area contributed by atoms with Gasteiger partial charge < -0.3 is 20.4 Å². The first kappa shape index (κ1) is 35.4. The number of carboxylic acid groups (broad SMARTS) is 2. The molecule has 0 saturated carbocycles. The Bertz CT molecular complexity index is 345. The fourth-order valence-electron chi connectivity index (χ4n) is 3.00. The van der Waals surface area contributed by atoms with Crippen LogP contribution in [0.4, 0.5) is 0 Å². The molecule has 0 bridgehead atoms. The Labute approximate surface area is 197 Å². The van der Waals surface area contributed by atoms with Crippen LogP contribution in [0.25, 0.3) is 0 Å². The Hall–Kier alpha value is -1.14. The lowest BCUT2D eigenvalue weighted by Crippen LogP contribution is -2.00. The zero-order valence-electron chi connectivity index (χ0n) is 21.3. The summed E-state index contributed by atoms with van der Waals surface area (Å²) in [4.78, 5) is 20.3. The van der Waals surface area contributed by atoms with Crippen molar-refractivity contribution in [3.05, 3.63) is 0 Å². The Morgan fingerprint density at radius 2 is 0.938 bits per heavy atom. The fraction of sp³-hybridized carbons (Fsp3) is 0.923. The maximum absolute atomic E-state index is 10.1. The van der Waals surface area contributed by atoms with Crippen molar-refractivity contribution in [2.75, 3.05) is 13.2 Å². The minimum absolute atomic E-state index is 0.236. The van der Waals surface area contributed by atoms with Crippen molar-refractivity contribution in [3.63, 3.8) is 0 Å². The lowest BCUT2D eigenvalue weighted by molar-refractivity contribution is -0.138. The molecule has 4 N–H and O–H groups in total. The number of aliphatic hydroxyl groups excluding tert-OH is 2. The Morgan fingerprint density at radius 3 is 1.22 bits per heavy atom. The third kappa shape index (κ3) is 42.9. The molecule has 0 aromatic heterocycles. The van der Waals surface area contributed by atoms with Crippen LogP contribution in [0.1, 0.15) is 136 Å². The van der Waals surface area contributed by atoms with E-state index in [1.807, 2.05) is 6.92 Å². The van der Waals surface area contributed by atoms with Crippen molar-refractivity contribution in [3.8, 4) is 0 Å². The van der Waals surface area contributed by atoms with Crippen LogP contribution in [0.15, 0.2) is 0 Å². The second-order valence-electron chi connectivity index (χ2n) is 8.68. The van der Waals surface area contributed by atoms with Gasteiger partial charge >= 0.3 is 11.9 Å². The number of carbonyl (C=O) groups is 2. The zero-order valence-corrected chi connectivity index (χ0v) is 21.3. The van der Waals surface area contributed by atoms with Crippen LogP contribution in [-0.4, -0.2) is 45.6 Å². The molecule has 32 heavy (non-hydrogen) atoms. The molecule has 0 rings (SSSR count). The number of aliphatic carboxylic acids is 2. The van der Waals surface area contributed by atoms with Gasteiger partial charge in [-0.05, 0) is 31.6 Å². The number of hydrogen-bond acceptors (Lipinski definition) is 4. The number of hydrogen-bond donors (Lipinski definition) is 4. The number of aliphatic hydroxyl groups is 2. The van der Waals surface area contributed by atoms with Crippen molar-refractivity contribution in [1.29, 1.82) is 0 Å². The number of unbranched alkanes of at least 4 members (excludes halogenated alkanes) is 12. The molecule has 6 heteroatoms. The predicted molar refractivity (Wildman–Crippen MR) is 133 cm³/mol. The SMILES string of the molecule is CC(CO)CCCO.CCCCCCCCCC(=O)O.CCCCCCCCCC(=O)O. The van der Waals surface area contributed by atoms with E-state index >= 15 is 0 Å². The minimum Gasteiger partial charge on any atom is -0.481 e. The Morgan fingerprint density at radius 1 is 0.594 bits per heavy atom. The van der Waals surface area contributed by atoms with E-state index in [0.29, 0.717) is 18.8 Å². The molecule has 1 unspecified atom stereocenters. The topological polar surface area (TPSA) is 115 Å². The van der Waals surface area contributed by atoms with E-state index in [2.05, 4.69) is 13.8 Å². The maximum Gasteiger partial charge on any atom is 0.303 e. The molecule has 194 valence electrons. The molecular weight excluding hydrogens is 408 g/mol. The summed E-state index contributed by atoms with van der Waals surface area (Å²) < 4.78 is 0. The standard InChI is InChI=1S/2C10H20O2.C6H14O2/c2*1-2-3-4-5-6-7-8-9-10(11)12;1-6(5-8)3-2-4-7/h2*2-9H2,1H3,(H,11,12);6-8H,2-5H2,1H3. The molecule has 0 aliphatic carbocycles. The highest BCUT2D eigenvalue weighted by Gasteiger charge is 1.97. The van der Waals surface area contributed by atoms with E-state index in [4.69, 9.17) is 20.4 Å². The Kier molecular flexibility index (Phi) is 35.5. The summed E-state index contributed by atoms with van der Waals surface area (Å²) in [5, 5.41) is 33.5. The monoisotopic (exact) mass is 462 g/mol. The van der Waals surface area contributed by atoms with Gasteiger partial charge in [-0.1, -0.05) is 97.8 Å². The number of carboxylic acids is 2. The summed E-state index contributed by atoms with van der Waals surface area (Å²) in [5.74, 6) is -0.978. The lowest BCUT2D eigenvalue weighted by Gasteiger charge is -2.03. The van der Waals surface area contributed by atoms with Crippen LogP contribution in [0.2, 0.25) is 0 Å². The van der Waals surface area contributed by atoms with Gasteiger partial charge in [0.05, 0.1) is 0 Å². The van der Waals surface area contributed by atoms with Crippen LogP contribution in [0.3, 0.4) is 0 Å². The molecule has 0 spiro atoms. The highest BCUT2D eigenvalue weighted by atomic mass is 16.4. The molecular formula is C26H54O6. The quantitative estimate of drug-likeness (QED) is 0.148. The van der Waals surface area contributed by atoms with Gasteiger partial charge in [-0.3, -0.25) is 9.59 Å². The van der Waals surface area contributed by atoms with E-state index in [-0.39, 0.29) is 13.2 Å². The zero-order chi connectivity index (χ0) is 24.9. The first-order valence-electron chi connectivity index (χ1n) is 13.0. The van der Waals surface area contributed by atoms with E-state index in [1.54, 1.807) is 0 Å². The van der Waals surface area contributed by atoms with Gasteiger partial charge in [-0.2, -0.15) is 0 Å². The van der Waals surface area contributed by atoms with Crippen LogP contribution < -0.4 is 0 Å². The molecule has 0 heterocycles. The third-order valence-corrected chi connectivity index (χ3v) is 5.16. The second-order valence-corrected chi connectivity index (χ2v) is 8.68. The molecule has 0 aliphatic heterocycles.